The smallest absolute Gasteiger partial charge is 0.261 e. The Balaban J connectivity index is 1.40. The predicted octanol–water partition coefficient (Wildman–Crippen LogP) is 3.46. The Labute approximate surface area is 193 Å². The van der Waals surface area contributed by atoms with Gasteiger partial charge in [0.1, 0.15) is 11.4 Å². The number of aryl methyl sites for hydroxylation is 3. The number of nitrogens with zero attached hydrogens (tertiary/aromatic N) is 5. The van der Waals surface area contributed by atoms with Crippen LogP contribution in [0.1, 0.15) is 48.8 Å². The SMILES string of the molecule is CCCCC(Oc1cc(C)ccc1C)C(=O)NCCc1nc2c(-n3cccn3)c(C)[nH]n2n1. The van der Waals surface area contributed by atoms with Crippen molar-refractivity contribution >= 4 is 11.6 Å². The number of hydrogen-bond donors (Lipinski definition) is 2. The highest BCUT2D eigenvalue weighted by atomic mass is 16.5. The van der Waals surface area contributed by atoms with Gasteiger partial charge in [-0.3, -0.25) is 9.89 Å². The minimum Gasteiger partial charge on any atom is -0.480 e. The normalized spacial score (nSPS) is 12.2. The summed E-state index contributed by atoms with van der Waals surface area (Å²) < 4.78 is 9.55. The molecule has 0 bridgehead atoms. The second-order valence-electron chi connectivity index (χ2n) is 8.36. The molecule has 4 rings (SSSR count). The Morgan fingerprint density at radius 3 is 2.88 bits per heavy atom. The maximum absolute atomic E-state index is 12.9. The second kappa shape index (κ2) is 9.89. The molecule has 0 aliphatic rings. The zero-order valence-electron chi connectivity index (χ0n) is 19.6. The van der Waals surface area contributed by atoms with Crippen LogP contribution in [0.25, 0.3) is 11.3 Å². The Bertz CT molecular complexity index is 1220. The Morgan fingerprint density at radius 1 is 1.27 bits per heavy atom. The number of H-pyrrole nitrogens is 1. The summed E-state index contributed by atoms with van der Waals surface area (Å²) >= 11 is 0. The van der Waals surface area contributed by atoms with Crippen LogP contribution in [0.4, 0.5) is 0 Å². The summed E-state index contributed by atoms with van der Waals surface area (Å²) in [6.07, 6.45) is 6.19. The fraction of sp³-hybridized carbons (Fsp3) is 0.417. The average Bonchev–Trinajstić information content (AvgIpc) is 3.50. The molecule has 0 radical (unpaired) electrons. The molecule has 0 aliphatic heterocycles. The standard InChI is InChI=1S/C24H31N7O2/c1-5-6-8-19(33-20-15-16(2)9-10-17(20)3)24(32)25-13-11-21-27-23-22(30-14-7-12-26-30)18(4)28-31(23)29-21/h7,9-10,12,14-15,19,28H,5-6,8,11,13H2,1-4H3,(H,25,32). The molecule has 0 fully saturated rings. The highest BCUT2D eigenvalue weighted by molar-refractivity contribution is 5.81. The Hall–Kier alpha value is -3.62. The number of unbranched alkanes of at least 4 members (excludes halogenated alkanes) is 1. The van der Waals surface area contributed by atoms with E-state index in [1.54, 1.807) is 15.5 Å². The number of carbonyl (C=O) groups is 1. The maximum Gasteiger partial charge on any atom is 0.261 e. The summed E-state index contributed by atoms with van der Waals surface area (Å²) in [6, 6.07) is 7.91. The van der Waals surface area contributed by atoms with Crippen molar-refractivity contribution in [2.45, 2.75) is 59.5 Å². The molecular weight excluding hydrogens is 418 g/mol. The van der Waals surface area contributed by atoms with Gasteiger partial charge < -0.3 is 10.1 Å². The van der Waals surface area contributed by atoms with E-state index in [0.29, 0.717) is 30.9 Å². The van der Waals surface area contributed by atoms with Crippen LogP contribution in [-0.4, -0.2) is 48.1 Å². The Kier molecular flexibility index (Phi) is 6.76. The Morgan fingerprint density at radius 2 is 2.12 bits per heavy atom. The van der Waals surface area contributed by atoms with Gasteiger partial charge in [-0.2, -0.15) is 9.73 Å². The van der Waals surface area contributed by atoms with Gasteiger partial charge in [0, 0.05) is 25.4 Å². The number of fused-ring (bicyclic) bond motifs is 1. The zero-order valence-corrected chi connectivity index (χ0v) is 19.6. The van der Waals surface area contributed by atoms with E-state index < -0.39 is 6.10 Å². The van der Waals surface area contributed by atoms with Gasteiger partial charge in [0.2, 0.25) is 5.65 Å². The fourth-order valence-corrected chi connectivity index (χ4v) is 3.78. The van der Waals surface area contributed by atoms with Crippen LogP contribution in [0.15, 0.2) is 36.7 Å². The molecule has 1 atom stereocenters. The molecule has 9 heteroatoms. The van der Waals surface area contributed by atoms with Crippen molar-refractivity contribution in [3.63, 3.8) is 0 Å². The van der Waals surface area contributed by atoms with Crippen LogP contribution in [0, 0.1) is 20.8 Å². The maximum atomic E-state index is 12.9. The van der Waals surface area contributed by atoms with Gasteiger partial charge >= 0.3 is 0 Å². The minimum atomic E-state index is -0.524. The van der Waals surface area contributed by atoms with Crippen molar-refractivity contribution in [2.75, 3.05) is 6.54 Å². The van der Waals surface area contributed by atoms with Gasteiger partial charge in [-0.25, -0.2) is 9.67 Å². The molecule has 33 heavy (non-hydrogen) atoms. The molecule has 2 N–H and O–H groups in total. The van der Waals surface area contributed by atoms with Gasteiger partial charge in [-0.1, -0.05) is 25.5 Å². The number of benzene rings is 1. The van der Waals surface area contributed by atoms with Gasteiger partial charge in [0.05, 0.1) is 5.69 Å². The third kappa shape index (κ3) is 5.08. The first-order valence-corrected chi connectivity index (χ1v) is 11.4. The average molecular weight is 450 g/mol. The number of rotatable bonds is 10. The molecule has 3 aromatic heterocycles. The monoisotopic (exact) mass is 449 g/mol. The van der Waals surface area contributed by atoms with Crippen molar-refractivity contribution < 1.29 is 9.53 Å². The first-order valence-electron chi connectivity index (χ1n) is 11.4. The highest BCUT2D eigenvalue weighted by Gasteiger charge is 2.21. The number of amides is 1. The van der Waals surface area contributed by atoms with Crippen LogP contribution in [0.5, 0.6) is 5.75 Å². The van der Waals surface area contributed by atoms with E-state index >= 15 is 0 Å². The highest BCUT2D eigenvalue weighted by Crippen LogP contribution is 2.22. The molecule has 1 unspecified atom stereocenters. The van der Waals surface area contributed by atoms with E-state index in [1.807, 2.05) is 51.2 Å². The topological polar surface area (TPSA) is 102 Å². The quantitative estimate of drug-likeness (QED) is 0.386. The van der Waals surface area contributed by atoms with Crippen molar-refractivity contribution in [2.24, 2.45) is 0 Å². The van der Waals surface area contributed by atoms with Gasteiger partial charge in [0.15, 0.2) is 11.9 Å². The second-order valence-corrected chi connectivity index (χ2v) is 8.36. The molecule has 1 aromatic carbocycles. The third-order valence-electron chi connectivity index (χ3n) is 5.60. The van der Waals surface area contributed by atoms with E-state index in [4.69, 9.17) is 4.74 Å². The van der Waals surface area contributed by atoms with Gasteiger partial charge in [-0.05, 0) is 56.9 Å². The summed E-state index contributed by atoms with van der Waals surface area (Å²) in [6.45, 7) is 8.51. The molecule has 4 aromatic rings. The van der Waals surface area contributed by atoms with E-state index in [2.05, 4.69) is 32.5 Å². The van der Waals surface area contributed by atoms with Crippen molar-refractivity contribution in [1.82, 2.24) is 34.9 Å². The minimum absolute atomic E-state index is 0.109. The van der Waals surface area contributed by atoms with Crippen LogP contribution < -0.4 is 10.1 Å². The van der Waals surface area contributed by atoms with Crippen molar-refractivity contribution in [3.05, 3.63) is 59.3 Å². The number of nitrogens with one attached hydrogen (secondary N) is 2. The lowest BCUT2D eigenvalue weighted by Crippen LogP contribution is -2.39. The first kappa shape index (κ1) is 22.6. The summed E-state index contributed by atoms with van der Waals surface area (Å²) in [5.74, 6) is 1.30. The van der Waals surface area contributed by atoms with Crippen LogP contribution >= 0.6 is 0 Å². The van der Waals surface area contributed by atoms with E-state index in [-0.39, 0.29) is 5.91 Å². The lowest BCUT2D eigenvalue weighted by molar-refractivity contribution is -0.128. The largest absolute Gasteiger partial charge is 0.480 e. The van der Waals surface area contributed by atoms with Crippen LogP contribution in [0.3, 0.4) is 0 Å². The predicted molar refractivity (Wildman–Crippen MR) is 126 cm³/mol. The van der Waals surface area contributed by atoms with Crippen LogP contribution in [-0.2, 0) is 11.2 Å². The molecule has 0 saturated heterocycles. The summed E-state index contributed by atoms with van der Waals surface area (Å²) in [5, 5.41) is 15.0. The third-order valence-corrected chi connectivity index (χ3v) is 5.60. The van der Waals surface area contributed by atoms with Crippen molar-refractivity contribution in [1.29, 1.82) is 0 Å². The van der Waals surface area contributed by atoms with Crippen molar-refractivity contribution in [3.8, 4) is 11.4 Å². The number of hydrogen-bond acceptors (Lipinski definition) is 5. The van der Waals surface area contributed by atoms with E-state index in [9.17, 15) is 4.79 Å². The van der Waals surface area contributed by atoms with E-state index in [1.165, 1.54) is 0 Å². The van der Waals surface area contributed by atoms with Gasteiger partial charge in [-0.15, -0.1) is 5.10 Å². The molecule has 0 spiro atoms. The summed E-state index contributed by atoms with van der Waals surface area (Å²) in [5.41, 5.74) is 4.63. The van der Waals surface area contributed by atoms with E-state index in [0.717, 1.165) is 41.1 Å². The number of aromatic amines is 1. The molecule has 0 aliphatic carbocycles. The number of carbonyl (C=O) groups excluding carboxylic acids is 1. The molecule has 1 amide bonds. The molecule has 9 nitrogen and oxygen atoms in total. The summed E-state index contributed by atoms with van der Waals surface area (Å²) in [7, 11) is 0. The van der Waals surface area contributed by atoms with Crippen LogP contribution in [0.2, 0.25) is 0 Å². The zero-order chi connectivity index (χ0) is 23.4. The number of ether oxygens (including phenoxy) is 1. The first-order chi connectivity index (χ1) is 16.0. The van der Waals surface area contributed by atoms with Gasteiger partial charge in [0.25, 0.3) is 5.91 Å². The molecule has 174 valence electrons. The fourth-order valence-electron chi connectivity index (χ4n) is 3.78. The lowest BCUT2D eigenvalue weighted by atomic mass is 10.1. The molecule has 0 saturated carbocycles. The lowest BCUT2D eigenvalue weighted by Gasteiger charge is -2.20. The molecule has 3 heterocycles. The number of aromatic nitrogens is 6. The summed E-state index contributed by atoms with van der Waals surface area (Å²) in [4.78, 5) is 17.6. The molecular formula is C24H31N7O2.